The van der Waals surface area contributed by atoms with Crippen molar-refractivity contribution < 1.29 is 13.9 Å². The molecule has 2 aromatic rings. The van der Waals surface area contributed by atoms with Crippen LogP contribution >= 0.6 is 0 Å². The summed E-state index contributed by atoms with van der Waals surface area (Å²) >= 11 is 0. The molecular weight excluding hydrogens is 242 g/mol. The SMILES string of the molecule is CCc1ccc(C(=O)OCCCc2ccncc2)o1. The Morgan fingerprint density at radius 1 is 1.26 bits per heavy atom. The van der Waals surface area contributed by atoms with Crippen LogP contribution in [0.3, 0.4) is 0 Å². The Morgan fingerprint density at radius 3 is 2.74 bits per heavy atom. The van der Waals surface area contributed by atoms with Crippen LogP contribution in [0.15, 0.2) is 41.1 Å². The summed E-state index contributed by atoms with van der Waals surface area (Å²) in [6, 6.07) is 7.38. The highest BCUT2D eigenvalue weighted by molar-refractivity contribution is 5.86. The number of pyridine rings is 1. The molecule has 0 aliphatic heterocycles. The van der Waals surface area contributed by atoms with Gasteiger partial charge in [-0.25, -0.2) is 4.79 Å². The van der Waals surface area contributed by atoms with Crippen molar-refractivity contribution in [3.63, 3.8) is 0 Å². The number of aryl methyl sites for hydroxylation is 2. The van der Waals surface area contributed by atoms with Gasteiger partial charge in [0.2, 0.25) is 5.76 Å². The molecule has 0 fully saturated rings. The van der Waals surface area contributed by atoms with E-state index in [1.807, 2.05) is 19.1 Å². The van der Waals surface area contributed by atoms with E-state index < -0.39 is 5.97 Å². The Labute approximate surface area is 112 Å². The van der Waals surface area contributed by atoms with Gasteiger partial charge < -0.3 is 9.15 Å². The van der Waals surface area contributed by atoms with Gasteiger partial charge in [0.15, 0.2) is 0 Å². The van der Waals surface area contributed by atoms with E-state index in [0.717, 1.165) is 25.0 Å². The lowest BCUT2D eigenvalue weighted by molar-refractivity contribution is 0.0462. The number of carbonyl (C=O) groups is 1. The van der Waals surface area contributed by atoms with Crippen molar-refractivity contribution in [2.45, 2.75) is 26.2 Å². The molecule has 0 bridgehead atoms. The second kappa shape index (κ2) is 6.73. The summed E-state index contributed by atoms with van der Waals surface area (Å²) in [7, 11) is 0. The highest BCUT2D eigenvalue weighted by atomic mass is 16.5. The van der Waals surface area contributed by atoms with Crippen LogP contribution in [0, 0.1) is 0 Å². The molecule has 19 heavy (non-hydrogen) atoms. The Bertz CT molecular complexity index is 519. The van der Waals surface area contributed by atoms with E-state index in [4.69, 9.17) is 9.15 Å². The molecule has 2 rings (SSSR count). The standard InChI is InChI=1S/C15H17NO3/c1-2-13-5-6-14(19-13)15(17)18-11-3-4-12-7-9-16-10-8-12/h5-10H,2-4,11H2,1H3. The lowest BCUT2D eigenvalue weighted by Gasteiger charge is -2.03. The zero-order chi connectivity index (χ0) is 13.5. The van der Waals surface area contributed by atoms with E-state index in [2.05, 4.69) is 4.98 Å². The number of carbonyl (C=O) groups excluding carboxylic acids is 1. The highest BCUT2D eigenvalue weighted by Crippen LogP contribution is 2.10. The van der Waals surface area contributed by atoms with Crippen LogP contribution in [0.2, 0.25) is 0 Å². The fraction of sp³-hybridized carbons (Fsp3) is 0.333. The van der Waals surface area contributed by atoms with Crippen LogP contribution in [-0.4, -0.2) is 17.6 Å². The second-order valence-electron chi connectivity index (χ2n) is 4.21. The van der Waals surface area contributed by atoms with E-state index in [1.54, 1.807) is 24.5 Å². The van der Waals surface area contributed by atoms with Gasteiger partial charge in [0.25, 0.3) is 0 Å². The number of nitrogens with zero attached hydrogens (tertiary/aromatic N) is 1. The van der Waals surface area contributed by atoms with Crippen molar-refractivity contribution in [1.29, 1.82) is 0 Å². The first-order valence-corrected chi connectivity index (χ1v) is 6.44. The number of hydrogen-bond acceptors (Lipinski definition) is 4. The monoisotopic (exact) mass is 259 g/mol. The molecule has 0 saturated carbocycles. The summed E-state index contributed by atoms with van der Waals surface area (Å²) in [4.78, 5) is 15.6. The van der Waals surface area contributed by atoms with E-state index in [-0.39, 0.29) is 5.76 Å². The molecular formula is C15H17NO3. The Hall–Kier alpha value is -2.10. The minimum Gasteiger partial charge on any atom is -0.460 e. The molecule has 0 saturated heterocycles. The zero-order valence-electron chi connectivity index (χ0n) is 11.0. The van der Waals surface area contributed by atoms with Gasteiger partial charge in [0, 0.05) is 18.8 Å². The average molecular weight is 259 g/mol. The van der Waals surface area contributed by atoms with Crippen LogP contribution in [-0.2, 0) is 17.6 Å². The number of rotatable bonds is 6. The largest absolute Gasteiger partial charge is 0.460 e. The maximum Gasteiger partial charge on any atom is 0.374 e. The Morgan fingerprint density at radius 2 is 2.05 bits per heavy atom. The molecule has 4 nitrogen and oxygen atoms in total. The highest BCUT2D eigenvalue weighted by Gasteiger charge is 2.11. The first kappa shape index (κ1) is 13.3. The molecule has 0 aromatic carbocycles. The maximum absolute atomic E-state index is 11.7. The third-order valence-corrected chi connectivity index (χ3v) is 2.80. The number of esters is 1. The Balaban J connectivity index is 1.72. The molecule has 0 N–H and O–H groups in total. The fourth-order valence-corrected chi connectivity index (χ4v) is 1.74. The van der Waals surface area contributed by atoms with Gasteiger partial charge in [-0.3, -0.25) is 4.98 Å². The van der Waals surface area contributed by atoms with Crippen molar-refractivity contribution in [3.05, 3.63) is 53.7 Å². The molecule has 2 aromatic heterocycles. The number of ether oxygens (including phenoxy) is 1. The van der Waals surface area contributed by atoms with Gasteiger partial charge in [0.1, 0.15) is 5.76 Å². The lowest BCUT2D eigenvalue weighted by Crippen LogP contribution is -2.06. The predicted octanol–water partition coefficient (Wildman–Crippen LogP) is 3.03. The second-order valence-corrected chi connectivity index (χ2v) is 4.21. The quantitative estimate of drug-likeness (QED) is 0.591. The van der Waals surface area contributed by atoms with Crippen molar-refractivity contribution in [1.82, 2.24) is 4.98 Å². The fourth-order valence-electron chi connectivity index (χ4n) is 1.74. The van der Waals surface area contributed by atoms with E-state index in [1.165, 1.54) is 5.56 Å². The van der Waals surface area contributed by atoms with Gasteiger partial charge in [-0.05, 0) is 42.7 Å². The van der Waals surface area contributed by atoms with Crippen LogP contribution in [0.25, 0.3) is 0 Å². The minimum absolute atomic E-state index is 0.278. The van der Waals surface area contributed by atoms with Gasteiger partial charge in [-0.1, -0.05) is 6.92 Å². The molecule has 0 radical (unpaired) electrons. The minimum atomic E-state index is -0.394. The zero-order valence-corrected chi connectivity index (χ0v) is 11.0. The molecule has 0 aliphatic rings. The summed E-state index contributed by atoms with van der Waals surface area (Å²) in [6.07, 6.45) is 5.95. The third-order valence-electron chi connectivity index (χ3n) is 2.80. The first-order chi connectivity index (χ1) is 9.29. The van der Waals surface area contributed by atoms with Crippen LogP contribution in [0.1, 0.15) is 35.2 Å². The summed E-state index contributed by atoms with van der Waals surface area (Å²) in [5.41, 5.74) is 1.19. The predicted molar refractivity (Wildman–Crippen MR) is 70.9 cm³/mol. The van der Waals surface area contributed by atoms with E-state index >= 15 is 0 Å². The normalized spacial score (nSPS) is 10.4. The lowest BCUT2D eigenvalue weighted by atomic mass is 10.1. The van der Waals surface area contributed by atoms with E-state index in [0.29, 0.717) is 6.61 Å². The van der Waals surface area contributed by atoms with Gasteiger partial charge in [0.05, 0.1) is 6.61 Å². The van der Waals surface area contributed by atoms with Crippen LogP contribution < -0.4 is 0 Å². The molecule has 0 atom stereocenters. The molecule has 0 aliphatic carbocycles. The summed E-state index contributed by atoms with van der Waals surface area (Å²) in [5, 5.41) is 0. The first-order valence-electron chi connectivity index (χ1n) is 6.44. The van der Waals surface area contributed by atoms with Crippen molar-refractivity contribution >= 4 is 5.97 Å². The Kier molecular flexibility index (Phi) is 4.72. The number of furan rings is 1. The van der Waals surface area contributed by atoms with Crippen molar-refractivity contribution in [2.75, 3.05) is 6.61 Å². The topological polar surface area (TPSA) is 52.3 Å². The van der Waals surface area contributed by atoms with Gasteiger partial charge in [-0.2, -0.15) is 0 Å². The molecule has 0 spiro atoms. The van der Waals surface area contributed by atoms with E-state index in [9.17, 15) is 4.79 Å². The summed E-state index contributed by atoms with van der Waals surface area (Å²) in [5.74, 6) is 0.680. The molecule has 4 heteroatoms. The summed E-state index contributed by atoms with van der Waals surface area (Å²) < 4.78 is 10.5. The number of aromatic nitrogens is 1. The van der Waals surface area contributed by atoms with Gasteiger partial charge in [-0.15, -0.1) is 0 Å². The number of hydrogen-bond donors (Lipinski definition) is 0. The van der Waals surface area contributed by atoms with Crippen molar-refractivity contribution in [2.24, 2.45) is 0 Å². The molecule has 0 amide bonds. The van der Waals surface area contributed by atoms with Gasteiger partial charge >= 0.3 is 5.97 Å². The van der Waals surface area contributed by atoms with Crippen LogP contribution in [0.4, 0.5) is 0 Å². The summed E-state index contributed by atoms with van der Waals surface area (Å²) in [6.45, 7) is 2.37. The maximum atomic E-state index is 11.7. The molecule has 100 valence electrons. The average Bonchev–Trinajstić information content (AvgIpc) is 2.93. The third kappa shape index (κ3) is 3.95. The molecule has 2 heterocycles. The van der Waals surface area contributed by atoms with Crippen LogP contribution in [0.5, 0.6) is 0 Å². The van der Waals surface area contributed by atoms with Crippen molar-refractivity contribution in [3.8, 4) is 0 Å². The smallest absolute Gasteiger partial charge is 0.374 e. The molecule has 0 unspecified atom stereocenters.